The molecule has 0 aliphatic carbocycles. The highest BCUT2D eigenvalue weighted by atomic mass is 32.2. The van der Waals surface area contributed by atoms with Crippen LogP contribution in [0, 0.1) is 0 Å². The Balaban J connectivity index is 2.47. The van der Waals surface area contributed by atoms with E-state index >= 15 is 0 Å². The molecule has 1 saturated heterocycles. The summed E-state index contributed by atoms with van der Waals surface area (Å²) in [5, 5.41) is 5.27. The van der Waals surface area contributed by atoms with Crippen molar-refractivity contribution in [2.75, 3.05) is 5.75 Å². The number of thioether (sulfide) groups is 1. The Labute approximate surface area is 159 Å². The fourth-order valence-corrected chi connectivity index (χ4v) is 3.73. The van der Waals surface area contributed by atoms with E-state index in [4.69, 9.17) is 14.4 Å². The van der Waals surface area contributed by atoms with Crippen molar-refractivity contribution in [1.82, 2.24) is 0 Å². The van der Waals surface area contributed by atoms with Gasteiger partial charge in [-0.1, -0.05) is 36.0 Å². The molecule has 0 amide bonds. The van der Waals surface area contributed by atoms with Gasteiger partial charge >= 0.3 is 7.12 Å². The summed E-state index contributed by atoms with van der Waals surface area (Å²) in [5.41, 5.74) is 0.0117. The Morgan fingerprint density at radius 2 is 1.73 bits per heavy atom. The Morgan fingerprint density at radius 1 is 1.19 bits per heavy atom. The third kappa shape index (κ3) is 4.78. The maximum atomic E-state index is 11.9. The summed E-state index contributed by atoms with van der Waals surface area (Å²) in [7, 11) is -4.56. The topological polar surface area (TPSA) is 95.7 Å². The predicted octanol–water partition coefficient (Wildman–Crippen LogP) is 2.63. The van der Waals surface area contributed by atoms with E-state index in [-0.39, 0.29) is 10.0 Å². The second kappa shape index (κ2) is 7.48. The number of hydrogen-bond acceptors (Lipinski definition) is 6. The zero-order valence-corrected chi connectivity index (χ0v) is 17.2. The molecule has 142 valence electrons. The van der Waals surface area contributed by atoms with Crippen LogP contribution in [0.3, 0.4) is 0 Å². The number of sulfonamides is 1. The monoisotopic (exact) mass is 397 g/mol. The van der Waals surface area contributed by atoms with Crippen LogP contribution in [-0.4, -0.2) is 37.6 Å². The molecule has 1 aliphatic heterocycles. The van der Waals surface area contributed by atoms with Gasteiger partial charge in [0.05, 0.1) is 16.1 Å². The standard InChI is InChI=1S/C17H24BNO5S2/c1-12(20)25-11-14(18-23-16(2,3)17(4,5)24-18)10-13-8-6-7-9-15(13)26(19,21)22/h6-10H,11H2,1-5H3,(H2,19,21,22). The van der Waals surface area contributed by atoms with Gasteiger partial charge in [-0.25, -0.2) is 13.6 Å². The number of primary sulfonamides is 1. The van der Waals surface area contributed by atoms with Crippen molar-refractivity contribution in [3.63, 3.8) is 0 Å². The van der Waals surface area contributed by atoms with E-state index in [1.807, 2.05) is 27.7 Å². The van der Waals surface area contributed by atoms with Crippen molar-refractivity contribution in [2.45, 2.75) is 50.7 Å². The van der Waals surface area contributed by atoms with Crippen LogP contribution >= 0.6 is 11.8 Å². The van der Waals surface area contributed by atoms with Gasteiger partial charge in [0.15, 0.2) is 5.12 Å². The molecular formula is C17H24BNO5S2. The molecule has 0 saturated carbocycles. The minimum atomic E-state index is -3.88. The second-order valence-corrected chi connectivity index (χ2v) is 9.85. The van der Waals surface area contributed by atoms with Crippen LogP contribution in [0.2, 0.25) is 0 Å². The molecule has 0 radical (unpaired) electrons. The zero-order valence-electron chi connectivity index (χ0n) is 15.6. The smallest absolute Gasteiger partial charge is 0.400 e. The number of nitrogens with two attached hydrogens (primary N) is 1. The first-order valence-electron chi connectivity index (χ1n) is 8.15. The van der Waals surface area contributed by atoms with E-state index in [1.54, 1.807) is 24.3 Å². The van der Waals surface area contributed by atoms with E-state index in [9.17, 15) is 13.2 Å². The second-order valence-electron chi connectivity index (χ2n) is 7.17. The molecule has 0 atom stereocenters. The summed E-state index contributed by atoms with van der Waals surface area (Å²) in [6.45, 7) is 9.20. The van der Waals surface area contributed by atoms with Crippen LogP contribution in [0.15, 0.2) is 34.6 Å². The SMILES string of the molecule is CC(=O)SCC(=Cc1ccccc1S(N)(=O)=O)B1OC(C)(C)C(C)(C)O1. The molecular weight excluding hydrogens is 373 g/mol. The van der Waals surface area contributed by atoms with Gasteiger partial charge in [0.25, 0.3) is 0 Å². The van der Waals surface area contributed by atoms with E-state index in [0.29, 0.717) is 16.8 Å². The molecule has 2 N–H and O–H groups in total. The number of hydrogen-bond donors (Lipinski definition) is 1. The molecule has 0 bridgehead atoms. The first-order valence-corrected chi connectivity index (χ1v) is 10.7. The summed E-state index contributed by atoms with van der Waals surface area (Å²) < 4.78 is 35.8. The Kier molecular flexibility index (Phi) is 6.09. The molecule has 26 heavy (non-hydrogen) atoms. The molecule has 6 nitrogen and oxygen atoms in total. The number of carbonyl (C=O) groups excluding carboxylic acids is 1. The van der Waals surface area contributed by atoms with Gasteiger partial charge < -0.3 is 9.31 Å². The van der Waals surface area contributed by atoms with E-state index < -0.39 is 28.3 Å². The minimum Gasteiger partial charge on any atom is -0.400 e. The van der Waals surface area contributed by atoms with Crippen molar-refractivity contribution in [3.8, 4) is 0 Å². The van der Waals surface area contributed by atoms with Crippen molar-refractivity contribution in [3.05, 3.63) is 35.3 Å². The van der Waals surface area contributed by atoms with E-state index in [1.165, 1.54) is 13.0 Å². The highest BCUT2D eigenvalue weighted by Gasteiger charge is 2.52. The lowest BCUT2D eigenvalue weighted by atomic mass is 9.78. The summed E-state index contributed by atoms with van der Waals surface area (Å²) in [6, 6.07) is 6.43. The van der Waals surface area contributed by atoms with E-state index in [2.05, 4.69) is 0 Å². The number of carbonyl (C=O) groups is 1. The van der Waals surface area contributed by atoms with Gasteiger partial charge in [0.1, 0.15) is 0 Å². The van der Waals surface area contributed by atoms with Crippen LogP contribution in [-0.2, 0) is 24.1 Å². The summed E-state index contributed by atoms with van der Waals surface area (Å²) in [6.07, 6.45) is 1.68. The molecule has 1 heterocycles. The summed E-state index contributed by atoms with van der Waals surface area (Å²) in [5.74, 6) is 0.325. The summed E-state index contributed by atoms with van der Waals surface area (Å²) in [4.78, 5) is 11.5. The lowest BCUT2D eigenvalue weighted by Gasteiger charge is -2.32. The minimum absolute atomic E-state index is 0.0156. The molecule has 0 spiro atoms. The number of rotatable bonds is 5. The predicted molar refractivity (Wildman–Crippen MR) is 105 cm³/mol. The summed E-state index contributed by atoms with van der Waals surface area (Å²) >= 11 is 1.11. The van der Waals surface area contributed by atoms with Crippen molar-refractivity contribution < 1.29 is 22.5 Å². The quantitative estimate of drug-likeness (QED) is 0.768. The molecule has 2 rings (SSSR count). The highest BCUT2D eigenvalue weighted by Crippen LogP contribution is 2.39. The molecule has 1 aromatic rings. The van der Waals surface area contributed by atoms with Crippen LogP contribution in [0.5, 0.6) is 0 Å². The van der Waals surface area contributed by atoms with Crippen LogP contribution in [0.4, 0.5) is 0 Å². The van der Waals surface area contributed by atoms with Crippen LogP contribution < -0.4 is 5.14 Å². The fraction of sp³-hybridized carbons (Fsp3) is 0.471. The Morgan fingerprint density at radius 3 is 2.23 bits per heavy atom. The highest BCUT2D eigenvalue weighted by molar-refractivity contribution is 8.13. The average molecular weight is 397 g/mol. The third-order valence-corrected chi connectivity index (χ3v) is 6.43. The molecule has 1 aliphatic rings. The lowest BCUT2D eigenvalue weighted by Crippen LogP contribution is -2.41. The van der Waals surface area contributed by atoms with Gasteiger partial charge in [-0.05, 0) is 44.8 Å². The van der Waals surface area contributed by atoms with Gasteiger partial charge in [0.2, 0.25) is 10.0 Å². The maximum Gasteiger partial charge on any atom is 0.491 e. The first kappa shape index (κ1) is 21.2. The first-order chi connectivity index (χ1) is 11.8. The van der Waals surface area contributed by atoms with E-state index in [0.717, 1.165) is 11.8 Å². The normalized spacial score (nSPS) is 19.6. The lowest BCUT2D eigenvalue weighted by molar-refractivity contribution is -0.109. The van der Waals surface area contributed by atoms with Crippen molar-refractivity contribution in [2.24, 2.45) is 5.14 Å². The average Bonchev–Trinajstić information content (AvgIpc) is 2.71. The van der Waals surface area contributed by atoms with Crippen molar-refractivity contribution in [1.29, 1.82) is 0 Å². The molecule has 1 aromatic carbocycles. The maximum absolute atomic E-state index is 11.9. The number of benzene rings is 1. The van der Waals surface area contributed by atoms with Gasteiger partial charge in [0, 0.05) is 12.7 Å². The van der Waals surface area contributed by atoms with Gasteiger partial charge in [-0.2, -0.15) is 0 Å². The van der Waals surface area contributed by atoms with Gasteiger partial charge in [-0.3, -0.25) is 4.79 Å². The third-order valence-electron chi connectivity index (χ3n) is 4.56. The fourth-order valence-electron chi connectivity index (χ4n) is 2.42. The van der Waals surface area contributed by atoms with Gasteiger partial charge in [-0.15, -0.1) is 0 Å². The largest absolute Gasteiger partial charge is 0.491 e. The zero-order chi connectivity index (χ0) is 19.8. The molecule has 0 aromatic heterocycles. The molecule has 1 fully saturated rings. The molecule has 9 heteroatoms. The Hall–Kier alpha value is -1.13. The Bertz CT molecular complexity index is 817. The van der Waals surface area contributed by atoms with Crippen LogP contribution in [0.1, 0.15) is 40.2 Å². The van der Waals surface area contributed by atoms with Crippen molar-refractivity contribution >= 4 is 40.1 Å². The molecule has 0 unspecified atom stereocenters. The van der Waals surface area contributed by atoms with Crippen LogP contribution in [0.25, 0.3) is 6.08 Å².